The molecular weight excluding hydrogens is 396 g/mol. The number of nitrogens with one attached hydrogen (secondary N) is 1. The average molecular weight is 419 g/mol. The summed E-state index contributed by atoms with van der Waals surface area (Å²) in [5.74, 6) is -1.27. The molecule has 0 atom stereocenters. The predicted molar refractivity (Wildman–Crippen MR) is 111 cm³/mol. The van der Waals surface area contributed by atoms with Crippen molar-refractivity contribution in [3.63, 3.8) is 0 Å². The van der Waals surface area contributed by atoms with Crippen LogP contribution in [-0.4, -0.2) is 30.1 Å². The smallest absolute Gasteiger partial charge is 0.341 e. The molecule has 0 unspecified atom stereocenters. The van der Waals surface area contributed by atoms with Gasteiger partial charge in [-0.3, -0.25) is 9.59 Å². The maximum absolute atomic E-state index is 12.4. The van der Waals surface area contributed by atoms with E-state index in [0.29, 0.717) is 10.6 Å². The van der Waals surface area contributed by atoms with E-state index in [9.17, 15) is 14.4 Å². The number of ether oxygens (including phenoxy) is 1. The highest BCUT2D eigenvalue weighted by atomic mass is 32.2. The van der Waals surface area contributed by atoms with Gasteiger partial charge in [-0.1, -0.05) is 6.07 Å². The number of anilines is 1. The SMILES string of the molecule is CCOC(=O)c1c(NC(=O)CSc2ccc3c(c2)CCC3)sc(C(N)=O)c1C. The van der Waals surface area contributed by atoms with Gasteiger partial charge < -0.3 is 15.8 Å². The molecule has 2 amide bonds. The van der Waals surface area contributed by atoms with Crippen molar-refractivity contribution < 1.29 is 19.1 Å². The number of primary amides is 1. The summed E-state index contributed by atoms with van der Waals surface area (Å²) in [6, 6.07) is 6.31. The van der Waals surface area contributed by atoms with E-state index >= 15 is 0 Å². The molecule has 148 valence electrons. The molecule has 28 heavy (non-hydrogen) atoms. The number of fused-ring (bicyclic) bond motifs is 1. The Morgan fingerprint density at radius 3 is 2.71 bits per heavy atom. The highest BCUT2D eigenvalue weighted by Crippen LogP contribution is 2.34. The first kappa shape index (κ1) is 20.4. The van der Waals surface area contributed by atoms with Gasteiger partial charge >= 0.3 is 5.97 Å². The number of carbonyl (C=O) groups is 3. The van der Waals surface area contributed by atoms with E-state index in [4.69, 9.17) is 10.5 Å². The molecule has 1 aromatic carbocycles. The monoisotopic (exact) mass is 418 g/mol. The maximum atomic E-state index is 12.4. The van der Waals surface area contributed by atoms with Gasteiger partial charge in [-0.2, -0.15) is 0 Å². The standard InChI is InChI=1S/C20H22N2O4S2/c1-3-26-20(25)16-11(2)17(18(21)24)28-19(16)22-15(23)10-27-14-8-7-12-5-4-6-13(12)9-14/h7-9H,3-6,10H2,1-2H3,(H2,21,24)(H,22,23). The average Bonchev–Trinajstić information content (AvgIpc) is 3.24. The van der Waals surface area contributed by atoms with E-state index in [1.54, 1.807) is 13.8 Å². The lowest BCUT2D eigenvalue weighted by molar-refractivity contribution is -0.113. The zero-order valence-electron chi connectivity index (χ0n) is 15.8. The number of nitrogens with two attached hydrogens (primary N) is 1. The Kier molecular flexibility index (Phi) is 6.41. The molecule has 0 saturated heterocycles. The second kappa shape index (κ2) is 8.79. The van der Waals surface area contributed by atoms with Crippen LogP contribution < -0.4 is 11.1 Å². The fourth-order valence-electron chi connectivity index (χ4n) is 3.24. The third-order valence-electron chi connectivity index (χ3n) is 4.54. The number of amides is 2. The number of rotatable bonds is 7. The van der Waals surface area contributed by atoms with E-state index in [1.807, 2.05) is 6.07 Å². The summed E-state index contributed by atoms with van der Waals surface area (Å²) in [4.78, 5) is 37.6. The van der Waals surface area contributed by atoms with Crippen molar-refractivity contribution in [2.45, 2.75) is 38.0 Å². The zero-order valence-corrected chi connectivity index (χ0v) is 17.4. The lowest BCUT2D eigenvalue weighted by atomic mass is 10.1. The Morgan fingerprint density at radius 1 is 1.25 bits per heavy atom. The molecule has 0 radical (unpaired) electrons. The molecule has 1 aliphatic carbocycles. The highest BCUT2D eigenvalue weighted by molar-refractivity contribution is 8.00. The molecule has 1 heterocycles. The Balaban J connectivity index is 1.71. The minimum absolute atomic E-state index is 0.191. The number of thiophene rings is 1. The van der Waals surface area contributed by atoms with Crippen LogP contribution in [-0.2, 0) is 22.4 Å². The molecule has 1 aliphatic rings. The largest absolute Gasteiger partial charge is 0.462 e. The van der Waals surface area contributed by atoms with Gasteiger partial charge in [0.1, 0.15) is 5.00 Å². The predicted octanol–water partition coefficient (Wildman–Crippen LogP) is 3.55. The summed E-state index contributed by atoms with van der Waals surface area (Å²) in [5, 5.41) is 3.03. The van der Waals surface area contributed by atoms with Crippen molar-refractivity contribution in [2.24, 2.45) is 5.73 Å². The van der Waals surface area contributed by atoms with Crippen molar-refractivity contribution in [3.8, 4) is 0 Å². The molecule has 0 bridgehead atoms. The van der Waals surface area contributed by atoms with Crippen molar-refractivity contribution in [2.75, 3.05) is 17.7 Å². The first-order chi connectivity index (χ1) is 13.4. The second-order valence-electron chi connectivity index (χ2n) is 6.47. The Hall–Kier alpha value is -2.32. The van der Waals surface area contributed by atoms with E-state index in [0.717, 1.165) is 29.1 Å². The molecule has 0 fully saturated rings. The molecule has 3 rings (SSSR count). The van der Waals surface area contributed by atoms with Crippen LogP contribution in [0.1, 0.15) is 50.1 Å². The summed E-state index contributed by atoms with van der Waals surface area (Å²) in [6.45, 7) is 3.51. The third-order valence-corrected chi connectivity index (χ3v) is 6.76. The van der Waals surface area contributed by atoms with Gasteiger partial charge in [-0.15, -0.1) is 23.1 Å². The molecule has 0 saturated carbocycles. The molecule has 2 aromatic rings. The molecule has 3 N–H and O–H groups in total. The number of thioether (sulfide) groups is 1. The molecule has 0 spiro atoms. The number of aryl methyl sites for hydroxylation is 2. The van der Waals surface area contributed by atoms with E-state index < -0.39 is 11.9 Å². The van der Waals surface area contributed by atoms with E-state index in [-0.39, 0.29) is 28.7 Å². The fraction of sp³-hybridized carbons (Fsp3) is 0.350. The van der Waals surface area contributed by atoms with Crippen molar-refractivity contribution in [3.05, 3.63) is 45.3 Å². The van der Waals surface area contributed by atoms with Crippen LogP contribution in [0, 0.1) is 6.92 Å². The third kappa shape index (κ3) is 4.39. The first-order valence-corrected chi connectivity index (χ1v) is 10.9. The Labute approximate surface area is 171 Å². The molecule has 8 heteroatoms. The lowest BCUT2D eigenvalue weighted by Gasteiger charge is -2.08. The van der Waals surface area contributed by atoms with Gasteiger partial charge in [0, 0.05) is 4.90 Å². The summed E-state index contributed by atoms with van der Waals surface area (Å²) in [5.41, 5.74) is 8.75. The minimum Gasteiger partial charge on any atom is -0.462 e. The summed E-state index contributed by atoms with van der Waals surface area (Å²) in [6.07, 6.45) is 3.39. The minimum atomic E-state index is -0.638. The van der Waals surface area contributed by atoms with Crippen LogP contribution >= 0.6 is 23.1 Å². The maximum Gasteiger partial charge on any atom is 0.341 e. The Bertz CT molecular complexity index is 937. The van der Waals surface area contributed by atoms with Crippen LogP contribution in [0.2, 0.25) is 0 Å². The molecular formula is C20H22N2O4S2. The quantitative estimate of drug-likeness (QED) is 0.529. The number of benzene rings is 1. The number of esters is 1. The number of carbonyl (C=O) groups excluding carboxylic acids is 3. The van der Waals surface area contributed by atoms with Gasteiger partial charge in [0.2, 0.25) is 5.91 Å². The molecule has 1 aromatic heterocycles. The molecule has 0 aliphatic heterocycles. The van der Waals surface area contributed by atoms with Crippen molar-refractivity contribution >= 4 is 45.9 Å². The lowest BCUT2D eigenvalue weighted by Crippen LogP contribution is -2.16. The van der Waals surface area contributed by atoms with Gasteiger partial charge in [0.15, 0.2) is 0 Å². The zero-order chi connectivity index (χ0) is 20.3. The first-order valence-electron chi connectivity index (χ1n) is 9.05. The summed E-state index contributed by atoms with van der Waals surface area (Å²) < 4.78 is 5.06. The van der Waals surface area contributed by atoms with Gasteiger partial charge in [0.25, 0.3) is 5.91 Å². The Morgan fingerprint density at radius 2 is 2.00 bits per heavy atom. The number of hydrogen-bond donors (Lipinski definition) is 2. The molecule has 6 nitrogen and oxygen atoms in total. The number of hydrogen-bond acceptors (Lipinski definition) is 6. The van der Waals surface area contributed by atoms with Crippen LogP contribution in [0.4, 0.5) is 5.00 Å². The topological polar surface area (TPSA) is 98.5 Å². The van der Waals surface area contributed by atoms with Crippen molar-refractivity contribution in [1.29, 1.82) is 0 Å². The van der Waals surface area contributed by atoms with Crippen molar-refractivity contribution in [1.82, 2.24) is 0 Å². The highest BCUT2D eigenvalue weighted by Gasteiger charge is 2.25. The van der Waals surface area contributed by atoms with Crippen LogP contribution in [0.3, 0.4) is 0 Å². The van der Waals surface area contributed by atoms with Crippen LogP contribution in [0.5, 0.6) is 0 Å². The van der Waals surface area contributed by atoms with Gasteiger partial charge in [-0.25, -0.2) is 4.79 Å². The summed E-state index contributed by atoms with van der Waals surface area (Å²) in [7, 11) is 0. The van der Waals surface area contributed by atoms with E-state index in [2.05, 4.69) is 17.4 Å². The van der Waals surface area contributed by atoms with Crippen LogP contribution in [0.25, 0.3) is 0 Å². The summed E-state index contributed by atoms with van der Waals surface area (Å²) >= 11 is 2.44. The second-order valence-corrected chi connectivity index (χ2v) is 8.54. The van der Waals surface area contributed by atoms with E-state index in [1.165, 1.54) is 29.3 Å². The van der Waals surface area contributed by atoms with Gasteiger partial charge in [-0.05, 0) is 61.9 Å². The normalized spacial score (nSPS) is 12.5. The van der Waals surface area contributed by atoms with Gasteiger partial charge in [0.05, 0.1) is 22.8 Å². The fourth-order valence-corrected chi connectivity index (χ4v) is 5.06. The van der Waals surface area contributed by atoms with Crippen LogP contribution in [0.15, 0.2) is 23.1 Å².